The van der Waals surface area contributed by atoms with Crippen LogP contribution in [0, 0.1) is 12.8 Å². The van der Waals surface area contributed by atoms with Crippen LogP contribution in [-0.4, -0.2) is 11.7 Å². The molecule has 0 aliphatic heterocycles. The van der Waals surface area contributed by atoms with Crippen molar-refractivity contribution in [2.45, 2.75) is 26.3 Å². The molecule has 0 bridgehead atoms. The molecule has 100 valence electrons. The lowest BCUT2D eigenvalue weighted by molar-refractivity contribution is 0.426. The number of halogens is 1. The summed E-state index contributed by atoms with van der Waals surface area (Å²) in [6, 6.07) is 8.14. The van der Waals surface area contributed by atoms with Crippen molar-refractivity contribution in [3.8, 4) is 11.3 Å². The second-order valence-corrected chi connectivity index (χ2v) is 6.07. The molecule has 0 amide bonds. The fourth-order valence-electron chi connectivity index (χ4n) is 2.15. The summed E-state index contributed by atoms with van der Waals surface area (Å²) in [6.45, 7) is 3.93. The normalized spacial score (nSPS) is 14.8. The Morgan fingerprint density at radius 2 is 2.05 bits per heavy atom. The molecule has 0 saturated heterocycles. The van der Waals surface area contributed by atoms with Gasteiger partial charge >= 0.3 is 0 Å². The first-order valence-corrected chi connectivity index (χ1v) is 7.45. The highest BCUT2D eigenvalue weighted by molar-refractivity contribution is 9.10. The number of nitrogens with zero attached hydrogens (tertiary/aromatic N) is 1. The third-order valence-electron chi connectivity index (χ3n) is 3.52. The van der Waals surface area contributed by atoms with E-state index in [4.69, 9.17) is 4.52 Å². The molecule has 1 aliphatic carbocycles. The van der Waals surface area contributed by atoms with E-state index in [2.05, 4.69) is 38.5 Å². The molecule has 2 aromatic rings. The number of aryl methyl sites for hydroxylation is 1. The Kier molecular flexibility index (Phi) is 3.71. The molecule has 3 nitrogen and oxygen atoms in total. The Labute approximate surface area is 121 Å². The first kappa shape index (κ1) is 12.9. The van der Waals surface area contributed by atoms with Gasteiger partial charge in [0.1, 0.15) is 0 Å². The maximum Gasteiger partial charge on any atom is 0.171 e. The first-order valence-electron chi connectivity index (χ1n) is 6.66. The van der Waals surface area contributed by atoms with Crippen molar-refractivity contribution in [3.63, 3.8) is 0 Å². The number of nitrogens with one attached hydrogen (secondary N) is 1. The highest BCUT2D eigenvalue weighted by atomic mass is 79.9. The number of aromatic nitrogens is 1. The molecule has 19 heavy (non-hydrogen) atoms. The first-order chi connectivity index (χ1) is 9.24. The minimum absolute atomic E-state index is 0.831. The quantitative estimate of drug-likeness (QED) is 0.907. The molecule has 1 fully saturated rings. The molecule has 0 spiro atoms. The van der Waals surface area contributed by atoms with Crippen LogP contribution in [0.4, 0.5) is 0 Å². The second-order valence-electron chi connectivity index (χ2n) is 5.16. The van der Waals surface area contributed by atoms with E-state index in [1.54, 1.807) is 0 Å². The maximum absolute atomic E-state index is 5.49. The smallest absolute Gasteiger partial charge is 0.171 e. The summed E-state index contributed by atoms with van der Waals surface area (Å²) in [5.41, 5.74) is 3.22. The molecule has 1 aliphatic rings. The number of hydrogen-bond donors (Lipinski definition) is 1. The summed E-state index contributed by atoms with van der Waals surface area (Å²) in [5.74, 6) is 1.77. The second kappa shape index (κ2) is 5.47. The van der Waals surface area contributed by atoms with Gasteiger partial charge in [0.15, 0.2) is 5.76 Å². The van der Waals surface area contributed by atoms with Gasteiger partial charge in [-0.1, -0.05) is 33.2 Å². The minimum Gasteiger partial charge on any atom is -0.356 e. The molecule has 1 N–H and O–H groups in total. The summed E-state index contributed by atoms with van der Waals surface area (Å²) < 4.78 is 6.56. The fraction of sp³-hybridized carbons (Fsp3) is 0.400. The van der Waals surface area contributed by atoms with Crippen LogP contribution in [0.5, 0.6) is 0 Å². The van der Waals surface area contributed by atoms with Crippen LogP contribution in [0.15, 0.2) is 33.3 Å². The Bertz CT molecular complexity index is 558. The Morgan fingerprint density at radius 1 is 1.32 bits per heavy atom. The molecule has 0 atom stereocenters. The predicted molar refractivity (Wildman–Crippen MR) is 78.8 cm³/mol. The molecule has 1 heterocycles. The lowest BCUT2D eigenvalue weighted by Crippen LogP contribution is -2.16. The molecular weight excluding hydrogens is 304 g/mol. The van der Waals surface area contributed by atoms with E-state index in [-0.39, 0.29) is 0 Å². The summed E-state index contributed by atoms with van der Waals surface area (Å²) >= 11 is 3.45. The van der Waals surface area contributed by atoms with Gasteiger partial charge in [0.05, 0.1) is 5.69 Å². The number of benzene rings is 1. The zero-order chi connectivity index (χ0) is 13.2. The minimum atomic E-state index is 0.831. The van der Waals surface area contributed by atoms with Crippen LogP contribution < -0.4 is 5.32 Å². The van der Waals surface area contributed by atoms with Gasteiger partial charge in [0.25, 0.3) is 0 Å². The molecule has 4 heteroatoms. The summed E-state index contributed by atoms with van der Waals surface area (Å²) in [4.78, 5) is 0. The summed E-state index contributed by atoms with van der Waals surface area (Å²) in [7, 11) is 0. The topological polar surface area (TPSA) is 38.1 Å². The molecule has 1 saturated carbocycles. The van der Waals surface area contributed by atoms with Crippen LogP contribution in [0.25, 0.3) is 11.3 Å². The predicted octanol–water partition coefficient (Wildman–Crippen LogP) is 3.91. The molecule has 0 unspecified atom stereocenters. The number of rotatable bonds is 5. The maximum atomic E-state index is 5.49. The Hall–Kier alpha value is -1.13. The van der Waals surface area contributed by atoms with E-state index in [1.807, 2.05) is 19.1 Å². The Morgan fingerprint density at radius 3 is 2.74 bits per heavy atom. The summed E-state index contributed by atoms with van der Waals surface area (Å²) in [6.07, 6.45) is 2.74. The van der Waals surface area contributed by atoms with E-state index in [0.29, 0.717) is 0 Å². The van der Waals surface area contributed by atoms with Gasteiger partial charge in [-0.15, -0.1) is 0 Å². The Balaban J connectivity index is 1.78. The zero-order valence-electron chi connectivity index (χ0n) is 10.9. The van der Waals surface area contributed by atoms with E-state index in [0.717, 1.165) is 40.5 Å². The molecule has 0 radical (unpaired) electrons. The van der Waals surface area contributed by atoms with Gasteiger partial charge in [-0.05, 0) is 44.4 Å². The largest absolute Gasteiger partial charge is 0.356 e. The van der Waals surface area contributed by atoms with Gasteiger partial charge < -0.3 is 9.84 Å². The van der Waals surface area contributed by atoms with Crippen molar-refractivity contribution in [2.75, 3.05) is 6.54 Å². The van der Waals surface area contributed by atoms with Crippen molar-refractivity contribution in [1.82, 2.24) is 10.5 Å². The van der Waals surface area contributed by atoms with Gasteiger partial charge in [0, 0.05) is 22.1 Å². The fourth-order valence-corrected chi connectivity index (χ4v) is 2.41. The van der Waals surface area contributed by atoms with Crippen LogP contribution in [-0.2, 0) is 6.54 Å². The van der Waals surface area contributed by atoms with Crippen LogP contribution >= 0.6 is 15.9 Å². The molecular formula is C15H17BrN2O. The third-order valence-corrected chi connectivity index (χ3v) is 4.05. The van der Waals surface area contributed by atoms with Crippen LogP contribution in [0.3, 0.4) is 0 Å². The highest BCUT2D eigenvalue weighted by Gasteiger charge is 2.21. The molecule has 3 rings (SSSR count). The van der Waals surface area contributed by atoms with Gasteiger partial charge in [0.2, 0.25) is 0 Å². The molecule has 1 aromatic carbocycles. The third kappa shape index (κ3) is 3.07. The average molecular weight is 321 g/mol. The zero-order valence-corrected chi connectivity index (χ0v) is 12.5. The van der Waals surface area contributed by atoms with Gasteiger partial charge in [-0.25, -0.2) is 0 Å². The lowest BCUT2D eigenvalue weighted by Gasteiger charge is -2.05. The van der Waals surface area contributed by atoms with E-state index >= 15 is 0 Å². The van der Waals surface area contributed by atoms with E-state index < -0.39 is 0 Å². The van der Waals surface area contributed by atoms with Crippen molar-refractivity contribution in [3.05, 3.63) is 40.0 Å². The van der Waals surface area contributed by atoms with Crippen LogP contribution in [0.1, 0.15) is 24.1 Å². The van der Waals surface area contributed by atoms with Crippen molar-refractivity contribution in [1.29, 1.82) is 0 Å². The van der Waals surface area contributed by atoms with Crippen molar-refractivity contribution in [2.24, 2.45) is 5.92 Å². The molecule has 1 aromatic heterocycles. The summed E-state index contributed by atoms with van der Waals surface area (Å²) in [5, 5.41) is 7.60. The highest BCUT2D eigenvalue weighted by Crippen LogP contribution is 2.29. The van der Waals surface area contributed by atoms with Gasteiger partial charge in [-0.3, -0.25) is 0 Å². The van der Waals surface area contributed by atoms with E-state index in [9.17, 15) is 0 Å². The lowest BCUT2D eigenvalue weighted by atomic mass is 10.1. The monoisotopic (exact) mass is 320 g/mol. The number of hydrogen-bond acceptors (Lipinski definition) is 3. The average Bonchev–Trinajstić information content (AvgIpc) is 3.16. The van der Waals surface area contributed by atoms with E-state index in [1.165, 1.54) is 18.4 Å². The van der Waals surface area contributed by atoms with Crippen molar-refractivity contribution < 1.29 is 4.52 Å². The van der Waals surface area contributed by atoms with Crippen molar-refractivity contribution >= 4 is 15.9 Å². The SMILES string of the molecule is Cc1noc(-c2ccc(Br)cc2)c1CNCC1CC1. The van der Waals surface area contributed by atoms with Gasteiger partial charge in [-0.2, -0.15) is 0 Å². The standard InChI is InChI=1S/C15H17BrN2O/c1-10-14(9-17-8-11-2-3-11)15(19-18-10)12-4-6-13(16)7-5-12/h4-7,11,17H,2-3,8-9H2,1H3. The van der Waals surface area contributed by atoms with Crippen LogP contribution in [0.2, 0.25) is 0 Å².